The van der Waals surface area contributed by atoms with Crippen LogP contribution in [0, 0.1) is 6.33 Å². The van der Waals surface area contributed by atoms with Gasteiger partial charge in [0.2, 0.25) is 0 Å². The van der Waals surface area contributed by atoms with Crippen LogP contribution < -0.4 is 0 Å². The molecule has 0 saturated carbocycles. The molecule has 0 aliphatic heterocycles. The van der Waals surface area contributed by atoms with E-state index in [9.17, 15) is 0 Å². The smallest absolute Gasteiger partial charge is 0.199 e. The summed E-state index contributed by atoms with van der Waals surface area (Å²) in [5, 5.41) is 0.834. The molecule has 0 N–H and O–H groups in total. The summed E-state index contributed by atoms with van der Waals surface area (Å²) < 4.78 is 0. The summed E-state index contributed by atoms with van der Waals surface area (Å²) in [6.07, 6.45) is 7.18. The van der Waals surface area contributed by atoms with E-state index in [-0.39, 0.29) is 0 Å². The van der Waals surface area contributed by atoms with E-state index in [0.29, 0.717) is 5.65 Å². The summed E-state index contributed by atoms with van der Waals surface area (Å²) in [6, 6.07) is 0. The molecule has 0 spiro atoms. The Bertz CT molecular complexity index is 281. The molecule has 0 atom stereocenters. The molecule has 0 amide bonds. The highest BCUT2D eigenvalue weighted by molar-refractivity contribution is 5.70. The molecule has 0 bridgehead atoms. The van der Waals surface area contributed by atoms with Crippen LogP contribution in [0.1, 0.15) is 0 Å². The number of hydrogen-bond donors (Lipinski definition) is 0. The Morgan fingerprint density at radius 3 is 3.20 bits per heavy atom. The van der Waals surface area contributed by atoms with Gasteiger partial charge < -0.3 is 0 Å². The number of hydrogen-bond acceptors (Lipinski definition) is 4. The van der Waals surface area contributed by atoms with Gasteiger partial charge in [-0.1, -0.05) is 0 Å². The molecule has 0 fully saturated rings. The summed E-state index contributed by atoms with van der Waals surface area (Å²) in [5.74, 6) is 0. The Kier molecular flexibility index (Phi) is 1.04. The zero-order valence-electron chi connectivity index (χ0n) is 5.02. The maximum Gasteiger partial charge on any atom is 0.199 e. The summed E-state index contributed by atoms with van der Waals surface area (Å²) in [6.45, 7) is 0. The molecule has 0 unspecified atom stereocenters. The van der Waals surface area contributed by atoms with Gasteiger partial charge in [-0.2, -0.15) is 0 Å². The SMILES string of the molecule is [c]1ncc2cncnc2n1. The van der Waals surface area contributed by atoms with E-state index in [1.54, 1.807) is 12.4 Å². The molecule has 0 aromatic carbocycles. The Labute approximate surface area is 57.0 Å². The molecular weight excluding hydrogens is 128 g/mol. The molecule has 1 radical (unpaired) electrons. The van der Waals surface area contributed by atoms with E-state index in [1.165, 1.54) is 6.33 Å². The van der Waals surface area contributed by atoms with Gasteiger partial charge in [-0.25, -0.2) is 19.9 Å². The largest absolute Gasteiger partial charge is 0.244 e. The van der Waals surface area contributed by atoms with E-state index in [1.807, 2.05) is 0 Å². The van der Waals surface area contributed by atoms with E-state index in [4.69, 9.17) is 0 Å². The molecule has 47 valence electrons. The summed E-state index contributed by atoms with van der Waals surface area (Å²) in [7, 11) is 0. The summed E-state index contributed by atoms with van der Waals surface area (Å²) in [4.78, 5) is 15.2. The fourth-order valence-electron chi connectivity index (χ4n) is 0.693. The van der Waals surface area contributed by atoms with E-state index < -0.39 is 0 Å². The van der Waals surface area contributed by atoms with Gasteiger partial charge in [-0.05, 0) is 0 Å². The van der Waals surface area contributed by atoms with Crippen molar-refractivity contribution in [3.63, 3.8) is 0 Å². The lowest BCUT2D eigenvalue weighted by Gasteiger charge is -1.88. The Balaban J connectivity index is 2.89. The van der Waals surface area contributed by atoms with Crippen LogP contribution in [0.25, 0.3) is 11.0 Å². The third kappa shape index (κ3) is 0.699. The van der Waals surface area contributed by atoms with Crippen LogP contribution in [-0.4, -0.2) is 19.9 Å². The van der Waals surface area contributed by atoms with Gasteiger partial charge in [-0.15, -0.1) is 0 Å². The lowest BCUT2D eigenvalue weighted by molar-refractivity contribution is 1.12. The zero-order chi connectivity index (χ0) is 6.81. The molecule has 2 heterocycles. The van der Waals surface area contributed by atoms with Crippen molar-refractivity contribution < 1.29 is 0 Å². The van der Waals surface area contributed by atoms with Gasteiger partial charge in [-0.3, -0.25) is 0 Å². The Morgan fingerprint density at radius 1 is 1.30 bits per heavy atom. The fraction of sp³-hybridized carbons (Fsp3) is 0. The van der Waals surface area contributed by atoms with Gasteiger partial charge in [0, 0.05) is 12.4 Å². The topological polar surface area (TPSA) is 51.6 Å². The standard InChI is InChI=1S/C6H3N4/c1-5-2-8-4-10-6(5)9-3-7-1/h1-3H. The van der Waals surface area contributed by atoms with Crippen molar-refractivity contribution in [1.29, 1.82) is 0 Å². The number of rotatable bonds is 0. The average molecular weight is 131 g/mol. The minimum atomic E-state index is 0.630. The highest BCUT2D eigenvalue weighted by Gasteiger charge is 1.90. The van der Waals surface area contributed by atoms with Crippen molar-refractivity contribution in [2.45, 2.75) is 0 Å². The van der Waals surface area contributed by atoms with Crippen LogP contribution in [0.15, 0.2) is 18.7 Å². The molecule has 2 aromatic rings. The summed E-state index contributed by atoms with van der Waals surface area (Å²) in [5.41, 5.74) is 0.630. The zero-order valence-corrected chi connectivity index (χ0v) is 5.02. The fourth-order valence-corrected chi connectivity index (χ4v) is 0.693. The first-order valence-corrected chi connectivity index (χ1v) is 2.75. The normalized spacial score (nSPS) is 10.0. The highest BCUT2D eigenvalue weighted by Crippen LogP contribution is 2.00. The number of nitrogens with zero attached hydrogens (tertiary/aromatic N) is 4. The quantitative estimate of drug-likeness (QED) is 0.513. The average Bonchev–Trinajstić information content (AvgIpc) is 2.05. The van der Waals surface area contributed by atoms with Gasteiger partial charge in [0.25, 0.3) is 0 Å². The molecule has 10 heavy (non-hydrogen) atoms. The minimum absolute atomic E-state index is 0.630. The van der Waals surface area contributed by atoms with Crippen molar-refractivity contribution in [3.8, 4) is 0 Å². The van der Waals surface area contributed by atoms with Crippen LogP contribution in [0.2, 0.25) is 0 Å². The van der Waals surface area contributed by atoms with Gasteiger partial charge in [0.1, 0.15) is 6.33 Å². The van der Waals surface area contributed by atoms with Gasteiger partial charge in [0.15, 0.2) is 12.0 Å². The van der Waals surface area contributed by atoms with Crippen LogP contribution in [-0.2, 0) is 0 Å². The first-order chi connectivity index (χ1) is 4.97. The van der Waals surface area contributed by atoms with Crippen LogP contribution >= 0.6 is 0 Å². The first kappa shape index (κ1) is 5.22. The van der Waals surface area contributed by atoms with Crippen LogP contribution in [0.5, 0.6) is 0 Å². The van der Waals surface area contributed by atoms with E-state index >= 15 is 0 Å². The lowest BCUT2D eigenvalue weighted by atomic mass is 10.4. The number of aromatic nitrogens is 4. The van der Waals surface area contributed by atoms with E-state index in [2.05, 4.69) is 26.3 Å². The predicted octanol–water partition coefficient (Wildman–Crippen LogP) is 0.220. The van der Waals surface area contributed by atoms with Crippen LogP contribution in [0.4, 0.5) is 0 Å². The highest BCUT2D eigenvalue weighted by atomic mass is 14.9. The first-order valence-electron chi connectivity index (χ1n) is 2.75. The van der Waals surface area contributed by atoms with Crippen molar-refractivity contribution >= 4 is 11.0 Å². The Morgan fingerprint density at radius 2 is 2.30 bits per heavy atom. The maximum absolute atomic E-state index is 3.89. The van der Waals surface area contributed by atoms with Crippen molar-refractivity contribution in [2.24, 2.45) is 0 Å². The molecule has 0 saturated heterocycles. The molecule has 2 rings (SSSR count). The molecule has 0 aliphatic rings. The predicted molar refractivity (Wildman–Crippen MR) is 34.0 cm³/mol. The van der Waals surface area contributed by atoms with E-state index in [0.717, 1.165) is 5.39 Å². The number of fused-ring (bicyclic) bond motifs is 1. The molecule has 4 heteroatoms. The van der Waals surface area contributed by atoms with Crippen molar-refractivity contribution in [2.75, 3.05) is 0 Å². The summed E-state index contributed by atoms with van der Waals surface area (Å²) >= 11 is 0. The molecule has 4 nitrogen and oxygen atoms in total. The second kappa shape index (κ2) is 1.98. The second-order valence-corrected chi connectivity index (χ2v) is 1.77. The third-order valence-electron chi connectivity index (χ3n) is 1.14. The Hall–Kier alpha value is -1.58. The molecule has 2 aromatic heterocycles. The molecular formula is C6H3N4. The van der Waals surface area contributed by atoms with Gasteiger partial charge in [0.05, 0.1) is 5.39 Å². The molecule has 0 aliphatic carbocycles. The van der Waals surface area contributed by atoms with Gasteiger partial charge >= 0.3 is 0 Å². The van der Waals surface area contributed by atoms with Crippen molar-refractivity contribution in [3.05, 3.63) is 25.0 Å². The third-order valence-corrected chi connectivity index (χ3v) is 1.14. The maximum atomic E-state index is 3.89. The van der Waals surface area contributed by atoms with Crippen LogP contribution in [0.3, 0.4) is 0 Å². The minimum Gasteiger partial charge on any atom is -0.244 e. The monoisotopic (exact) mass is 131 g/mol. The van der Waals surface area contributed by atoms with Crippen molar-refractivity contribution in [1.82, 2.24) is 19.9 Å². The second-order valence-electron chi connectivity index (χ2n) is 1.77. The lowest BCUT2D eigenvalue weighted by Crippen LogP contribution is -1.85.